The van der Waals surface area contributed by atoms with Crippen LogP contribution in [0.25, 0.3) is 0 Å². The first-order chi connectivity index (χ1) is 29.1. The molecule has 4 fully saturated rings. The van der Waals surface area contributed by atoms with Crippen LogP contribution in [0.15, 0.2) is 48.5 Å². The SMILES string of the molecule is CC(C)(C)CC(C)(C)N.CC(C)(C)CC(C)(C)NC[C@H]1CN(c2ccc(N3CCOCC3=O)cc2)C(=O)O1.CS(=O)(=O)OC[C@H]1CN(c2ccc(N3CCOCC3=O)cc2)C(=O)O1. The van der Waals surface area contributed by atoms with Gasteiger partial charge in [-0.25, -0.2) is 9.59 Å². The zero-order valence-corrected chi connectivity index (χ0v) is 39.8. The number of hydrogen-bond donors (Lipinski definition) is 2. The lowest BCUT2D eigenvalue weighted by atomic mass is 9.82. The van der Waals surface area contributed by atoms with E-state index in [1.165, 1.54) is 4.90 Å². The molecule has 2 aromatic rings. The fourth-order valence-electron chi connectivity index (χ4n) is 8.21. The van der Waals surface area contributed by atoms with Gasteiger partial charge in [0.05, 0.1) is 32.6 Å². The van der Waals surface area contributed by atoms with Crippen molar-refractivity contribution >= 4 is 56.9 Å². The van der Waals surface area contributed by atoms with Gasteiger partial charge < -0.3 is 39.8 Å². The van der Waals surface area contributed by atoms with Crippen molar-refractivity contribution in [3.05, 3.63) is 48.5 Å². The van der Waals surface area contributed by atoms with Gasteiger partial charge in [0.25, 0.3) is 21.9 Å². The number of cyclic esters (lactones) is 2. The maximum atomic E-state index is 12.4. The molecule has 3 N–H and O–H groups in total. The Hall–Kier alpha value is -4.33. The summed E-state index contributed by atoms with van der Waals surface area (Å²) < 4.78 is 47.6. The topological polar surface area (TPSA) is 200 Å². The molecule has 0 aromatic heterocycles. The lowest BCUT2D eigenvalue weighted by Gasteiger charge is -2.34. The zero-order chi connectivity index (χ0) is 47.0. The fraction of sp³-hybridized carbons (Fsp3) is 0.644. The van der Waals surface area contributed by atoms with E-state index in [1.54, 1.807) is 39.0 Å². The van der Waals surface area contributed by atoms with Crippen LogP contribution in [0.3, 0.4) is 0 Å². The highest BCUT2D eigenvalue weighted by atomic mass is 32.2. The van der Waals surface area contributed by atoms with Crippen LogP contribution in [0.1, 0.15) is 82.1 Å². The molecule has 0 aliphatic carbocycles. The summed E-state index contributed by atoms with van der Waals surface area (Å²) in [5, 5.41) is 3.55. The molecule has 0 unspecified atom stereocenters. The van der Waals surface area contributed by atoms with Crippen molar-refractivity contribution in [1.82, 2.24) is 5.32 Å². The van der Waals surface area contributed by atoms with Gasteiger partial charge >= 0.3 is 12.2 Å². The standard InChI is InChI=1S/C22H33N3O4.C15H18N2O7S.C8H19N/c1-21(2,3)15-22(4,5)23-12-18-13-25(20(27)29-18)17-8-6-16(7-9-17)24-10-11-28-14-19(24)26;1-25(20,21)23-9-13-8-17(15(19)24-13)12-4-2-11(3-5-12)16-6-7-22-10-14(16)18;1-7(2,3)6-8(4,5)9/h6-9,18,23H,10-15H2,1-5H3;2-5,13H,6-10H2,1H3;6,9H2,1-5H3/t18-;13-;/m01./s1. The molecule has 2 atom stereocenters. The van der Waals surface area contributed by atoms with E-state index in [4.69, 9.17) is 24.7 Å². The summed E-state index contributed by atoms with van der Waals surface area (Å²) >= 11 is 0. The average Bonchev–Trinajstić information content (AvgIpc) is 3.73. The number of nitrogens with zero attached hydrogens (tertiary/aromatic N) is 4. The van der Waals surface area contributed by atoms with Crippen molar-refractivity contribution in [2.24, 2.45) is 16.6 Å². The van der Waals surface area contributed by atoms with Gasteiger partial charge in [0, 0.05) is 53.5 Å². The molecule has 352 valence electrons. The fourth-order valence-corrected chi connectivity index (χ4v) is 8.61. The molecule has 18 heteroatoms. The van der Waals surface area contributed by atoms with Crippen molar-refractivity contribution in [3.8, 4) is 0 Å². The molecule has 0 spiro atoms. The lowest BCUT2D eigenvalue weighted by Crippen LogP contribution is -2.46. The van der Waals surface area contributed by atoms with Gasteiger partial charge in [-0.05, 0) is 99.9 Å². The molecule has 4 aliphatic heterocycles. The quantitative estimate of drug-likeness (QED) is 0.247. The molecule has 4 amide bonds. The lowest BCUT2D eigenvalue weighted by molar-refractivity contribution is -0.126. The summed E-state index contributed by atoms with van der Waals surface area (Å²) in [4.78, 5) is 54.5. The van der Waals surface area contributed by atoms with Crippen LogP contribution in [-0.2, 0) is 42.8 Å². The Kier molecular flexibility index (Phi) is 17.2. The van der Waals surface area contributed by atoms with Crippen LogP contribution in [0, 0.1) is 10.8 Å². The van der Waals surface area contributed by atoms with E-state index in [1.807, 2.05) is 24.3 Å². The zero-order valence-electron chi connectivity index (χ0n) is 39.0. The first-order valence-corrected chi connectivity index (χ1v) is 23.2. The summed E-state index contributed by atoms with van der Waals surface area (Å²) in [6, 6.07) is 14.3. The number of carbonyl (C=O) groups is 4. The molecule has 4 saturated heterocycles. The van der Waals surface area contributed by atoms with Crippen LogP contribution in [0.2, 0.25) is 0 Å². The first kappa shape index (κ1) is 51.3. The number of hydrogen-bond acceptors (Lipinski definition) is 13. The Morgan fingerprint density at radius 2 is 1.02 bits per heavy atom. The minimum atomic E-state index is -3.59. The second kappa shape index (κ2) is 21.1. The third-order valence-corrected chi connectivity index (χ3v) is 10.5. The van der Waals surface area contributed by atoms with E-state index in [2.05, 4.69) is 78.7 Å². The summed E-state index contributed by atoms with van der Waals surface area (Å²) in [7, 11) is -3.59. The number of benzene rings is 2. The largest absolute Gasteiger partial charge is 0.443 e. The molecule has 2 aromatic carbocycles. The molecule has 6 rings (SSSR count). The molecule has 4 heterocycles. The molecular weight excluding hydrogens is 833 g/mol. The summed E-state index contributed by atoms with van der Waals surface area (Å²) in [6.07, 6.45) is 1.27. The number of morpholine rings is 2. The Labute approximate surface area is 373 Å². The number of rotatable bonds is 12. The predicted molar refractivity (Wildman–Crippen MR) is 244 cm³/mol. The van der Waals surface area contributed by atoms with Gasteiger partial charge in [-0.15, -0.1) is 0 Å². The molecule has 0 radical (unpaired) electrons. The van der Waals surface area contributed by atoms with E-state index in [-0.39, 0.29) is 66.9 Å². The molecule has 63 heavy (non-hydrogen) atoms. The third kappa shape index (κ3) is 17.3. The minimum Gasteiger partial charge on any atom is -0.443 e. The van der Waals surface area contributed by atoms with Crippen LogP contribution in [-0.4, -0.2) is 128 Å². The van der Waals surface area contributed by atoms with Gasteiger partial charge in [0.15, 0.2) is 0 Å². The number of carbonyl (C=O) groups excluding carboxylic acids is 4. The summed E-state index contributed by atoms with van der Waals surface area (Å²) in [5.74, 6) is -0.161. The van der Waals surface area contributed by atoms with Gasteiger partial charge in [0.1, 0.15) is 32.0 Å². The van der Waals surface area contributed by atoms with Crippen LogP contribution in [0.4, 0.5) is 32.3 Å². The Morgan fingerprint density at radius 3 is 1.37 bits per heavy atom. The maximum Gasteiger partial charge on any atom is 0.414 e. The van der Waals surface area contributed by atoms with E-state index in [0.717, 1.165) is 36.2 Å². The van der Waals surface area contributed by atoms with Crippen molar-refractivity contribution in [2.45, 2.75) is 105 Å². The monoisotopic (exact) mass is 902 g/mol. The normalized spacial score (nSPS) is 20.2. The Morgan fingerprint density at radius 1 is 0.635 bits per heavy atom. The number of ether oxygens (including phenoxy) is 4. The molecule has 0 saturated carbocycles. The van der Waals surface area contributed by atoms with Gasteiger partial charge in [-0.2, -0.15) is 8.42 Å². The molecular formula is C45H70N6O11S. The third-order valence-electron chi connectivity index (χ3n) is 9.90. The minimum absolute atomic E-state index is 0.0156. The Balaban J connectivity index is 0.000000234. The summed E-state index contributed by atoms with van der Waals surface area (Å²) in [6.45, 7) is 25.1. The maximum absolute atomic E-state index is 12.4. The van der Waals surface area contributed by atoms with Gasteiger partial charge in [-0.1, -0.05) is 41.5 Å². The molecule has 4 aliphatic rings. The molecule has 0 bridgehead atoms. The second-order valence-electron chi connectivity index (χ2n) is 20.2. The highest BCUT2D eigenvalue weighted by Crippen LogP contribution is 2.30. The second-order valence-corrected chi connectivity index (χ2v) is 21.8. The van der Waals surface area contributed by atoms with Crippen molar-refractivity contribution in [3.63, 3.8) is 0 Å². The number of nitrogens with one attached hydrogen (secondary N) is 1. The van der Waals surface area contributed by atoms with E-state index in [0.29, 0.717) is 50.5 Å². The van der Waals surface area contributed by atoms with Crippen molar-refractivity contribution in [1.29, 1.82) is 0 Å². The van der Waals surface area contributed by atoms with E-state index >= 15 is 0 Å². The van der Waals surface area contributed by atoms with Crippen LogP contribution >= 0.6 is 0 Å². The first-order valence-electron chi connectivity index (χ1n) is 21.4. The number of anilines is 4. The van der Waals surface area contributed by atoms with Gasteiger partial charge in [-0.3, -0.25) is 23.6 Å². The van der Waals surface area contributed by atoms with Crippen molar-refractivity contribution in [2.75, 3.05) is 91.6 Å². The number of nitrogens with two attached hydrogens (primary N) is 1. The van der Waals surface area contributed by atoms with Crippen molar-refractivity contribution < 1.29 is 50.7 Å². The smallest absolute Gasteiger partial charge is 0.414 e. The number of amides is 4. The molecule has 17 nitrogen and oxygen atoms in total. The van der Waals surface area contributed by atoms with Crippen LogP contribution < -0.4 is 30.7 Å². The Bertz CT molecular complexity index is 1960. The van der Waals surface area contributed by atoms with E-state index < -0.39 is 22.3 Å². The van der Waals surface area contributed by atoms with Crippen LogP contribution in [0.5, 0.6) is 0 Å². The average molecular weight is 903 g/mol. The highest BCUT2D eigenvalue weighted by molar-refractivity contribution is 7.85. The van der Waals surface area contributed by atoms with Gasteiger partial charge in [0.2, 0.25) is 0 Å². The highest BCUT2D eigenvalue weighted by Gasteiger charge is 2.35. The predicted octanol–water partition coefficient (Wildman–Crippen LogP) is 5.69. The summed E-state index contributed by atoms with van der Waals surface area (Å²) in [5.41, 5.74) is 9.26. The van der Waals surface area contributed by atoms with E-state index in [9.17, 15) is 27.6 Å².